The molecule has 0 saturated heterocycles. The summed E-state index contributed by atoms with van der Waals surface area (Å²) in [5, 5.41) is 30.0. The highest BCUT2D eigenvalue weighted by molar-refractivity contribution is 5.70. The Kier molecular flexibility index (Phi) is 37.3. The highest BCUT2D eigenvalue weighted by Crippen LogP contribution is 2.15. The third-order valence-corrected chi connectivity index (χ3v) is 9.09. The van der Waals surface area contributed by atoms with Gasteiger partial charge in [0.05, 0.1) is 18.8 Å². The molecule has 51 heavy (non-hydrogen) atoms. The van der Waals surface area contributed by atoms with Crippen molar-refractivity contribution in [2.24, 2.45) is 0 Å². The van der Waals surface area contributed by atoms with Gasteiger partial charge < -0.3 is 24.8 Å². The van der Waals surface area contributed by atoms with E-state index in [9.17, 15) is 24.9 Å². The van der Waals surface area contributed by atoms with Gasteiger partial charge in [-0.3, -0.25) is 9.59 Å². The summed E-state index contributed by atoms with van der Waals surface area (Å²) < 4.78 is 10.5. The Morgan fingerprint density at radius 2 is 0.961 bits per heavy atom. The van der Waals surface area contributed by atoms with Gasteiger partial charge in [-0.25, -0.2) is 0 Å². The number of unbranched alkanes of at least 4 members (excludes halogenated alkanes) is 17. The fourth-order valence-corrected chi connectivity index (χ4v) is 5.82. The first-order valence-electron chi connectivity index (χ1n) is 20.9. The van der Waals surface area contributed by atoms with Crippen LogP contribution in [0.25, 0.3) is 0 Å². The highest BCUT2D eigenvalue weighted by atomic mass is 16.6. The lowest BCUT2D eigenvalue weighted by molar-refractivity contribution is -0.161. The van der Waals surface area contributed by atoms with Gasteiger partial charge in [0.25, 0.3) is 0 Å². The highest BCUT2D eigenvalue weighted by Gasteiger charge is 2.18. The fourth-order valence-electron chi connectivity index (χ4n) is 5.82. The molecule has 0 aliphatic carbocycles. The molecular formula is C44H78O7. The van der Waals surface area contributed by atoms with E-state index in [1.54, 1.807) is 0 Å². The van der Waals surface area contributed by atoms with Crippen LogP contribution in [-0.4, -0.2) is 58.8 Å². The smallest absolute Gasteiger partial charge is 0.306 e. The Balaban J connectivity index is 3.76. The Morgan fingerprint density at radius 3 is 1.43 bits per heavy atom. The number of aliphatic hydroxyl groups is 3. The summed E-state index contributed by atoms with van der Waals surface area (Å²) >= 11 is 0. The molecule has 0 aliphatic heterocycles. The van der Waals surface area contributed by atoms with E-state index in [0.717, 1.165) is 44.9 Å². The fraction of sp³-hybridized carbons (Fsp3) is 0.773. The van der Waals surface area contributed by atoms with Crippen LogP contribution in [0.4, 0.5) is 0 Å². The predicted molar refractivity (Wildman–Crippen MR) is 213 cm³/mol. The molecule has 0 aliphatic rings. The SMILES string of the molecule is CC/C=C\C/C=C\C/C=C\C/C=C\C[C@H](O)[C@@H](O)CCCC(=O)OC[C@H](CO)OC(=O)CCCCCCCCCCCCCCCCCCCC. The molecule has 0 amide bonds. The van der Waals surface area contributed by atoms with Crippen molar-refractivity contribution in [2.75, 3.05) is 13.2 Å². The summed E-state index contributed by atoms with van der Waals surface area (Å²) in [6, 6.07) is 0. The molecule has 0 aromatic heterocycles. The van der Waals surface area contributed by atoms with Crippen LogP contribution in [0.3, 0.4) is 0 Å². The van der Waals surface area contributed by atoms with Crippen LogP contribution in [0.5, 0.6) is 0 Å². The van der Waals surface area contributed by atoms with Gasteiger partial charge in [-0.05, 0) is 51.4 Å². The molecule has 0 spiro atoms. The first-order chi connectivity index (χ1) is 24.9. The zero-order chi connectivity index (χ0) is 37.5. The van der Waals surface area contributed by atoms with E-state index >= 15 is 0 Å². The molecule has 0 rings (SSSR count). The average molecular weight is 719 g/mol. The van der Waals surface area contributed by atoms with Crippen molar-refractivity contribution < 1.29 is 34.4 Å². The molecular weight excluding hydrogens is 640 g/mol. The zero-order valence-electron chi connectivity index (χ0n) is 32.8. The minimum atomic E-state index is -0.935. The van der Waals surface area contributed by atoms with Gasteiger partial charge in [0.2, 0.25) is 0 Å². The number of esters is 2. The maximum absolute atomic E-state index is 12.2. The summed E-state index contributed by atoms with van der Waals surface area (Å²) in [5.41, 5.74) is 0. The Bertz CT molecular complexity index is 894. The van der Waals surface area contributed by atoms with Crippen molar-refractivity contribution >= 4 is 11.9 Å². The van der Waals surface area contributed by atoms with E-state index in [2.05, 4.69) is 50.3 Å². The lowest BCUT2D eigenvalue weighted by Gasteiger charge is -2.17. The molecule has 0 aromatic carbocycles. The van der Waals surface area contributed by atoms with Gasteiger partial charge in [0.15, 0.2) is 6.10 Å². The van der Waals surface area contributed by atoms with Crippen LogP contribution in [0.15, 0.2) is 48.6 Å². The third-order valence-electron chi connectivity index (χ3n) is 9.09. The molecule has 0 radical (unpaired) electrons. The van der Waals surface area contributed by atoms with Crippen molar-refractivity contribution in [3.05, 3.63) is 48.6 Å². The average Bonchev–Trinajstić information content (AvgIpc) is 3.13. The van der Waals surface area contributed by atoms with Crippen LogP contribution in [0, 0.1) is 0 Å². The normalized spacial score (nSPS) is 13.9. The van der Waals surface area contributed by atoms with Crippen molar-refractivity contribution in [2.45, 2.75) is 206 Å². The van der Waals surface area contributed by atoms with Crippen LogP contribution in [0.2, 0.25) is 0 Å². The van der Waals surface area contributed by atoms with E-state index < -0.39 is 30.9 Å². The number of rotatable bonds is 37. The second-order valence-corrected chi connectivity index (χ2v) is 14.0. The van der Waals surface area contributed by atoms with Gasteiger partial charge in [-0.15, -0.1) is 0 Å². The van der Waals surface area contributed by atoms with Crippen molar-refractivity contribution in [1.29, 1.82) is 0 Å². The Morgan fingerprint density at radius 1 is 0.529 bits per heavy atom. The van der Waals surface area contributed by atoms with Crippen LogP contribution in [-0.2, 0) is 19.1 Å². The maximum Gasteiger partial charge on any atom is 0.306 e. The molecule has 3 N–H and O–H groups in total. The maximum atomic E-state index is 12.2. The number of carbonyl (C=O) groups is 2. The summed E-state index contributed by atoms with van der Waals surface area (Å²) in [5.74, 6) is -0.874. The van der Waals surface area contributed by atoms with Crippen molar-refractivity contribution in [3.8, 4) is 0 Å². The topological polar surface area (TPSA) is 113 Å². The van der Waals surface area contributed by atoms with E-state index in [4.69, 9.17) is 9.47 Å². The number of ether oxygens (including phenoxy) is 2. The van der Waals surface area contributed by atoms with E-state index in [0.29, 0.717) is 19.3 Å². The number of carbonyl (C=O) groups excluding carboxylic acids is 2. The number of aliphatic hydroxyl groups excluding tert-OH is 3. The third kappa shape index (κ3) is 35.9. The minimum absolute atomic E-state index is 0.0686. The molecule has 0 aromatic rings. The van der Waals surface area contributed by atoms with Crippen LogP contribution >= 0.6 is 0 Å². The molecule has 7 heteroatoms. The summed E-state index contributed by atoms with van der Waals surface area (Å²) in [6.07, 6.45) is 42.1. The molecule has 0 saturated carbocycles. The first kappa shape index (κ1) is 48.8. The zero-order valence-corrected chi connectivity index (χ0v) is 32.8. The Labute approximate surface area is 313 Å². The minimum Gasteiger partial charge on any atom is -0.462 e. The summed E-state index contributed by atoms with van der Waals surface area (Å²) in [7, 11) is 0. The van der Waals surface area contributed by atoms with Crippen molar-refractivity contribution in [3.63, 3.8) is 0 Å². The second-order valence-electron chi connectivity index (χ2n) is 14.0. The Hall–Kier alpha value is -2.22. The van der Waals surface area contributed by atoms with Crippen molar-refractivity contribution in [1.82, 2.24) is 0 Å². The molecule has 0 heterocycles. The number of hydrogen-bond donors (Lipinski definition) is 3. The van der Waals surface area contributed by atoms with Gasteiger partial charge in [-0.1, -0.05) is 172 Å². The molecule has 7 nitrogen and oxygen atoms in total. The molecule has 296 valence electrons. The summed E-state index contributed by atoms with van der Waals surface area (Å²) in [4.78, 5) is 24.3. The molecule has 3 atom stereocenters. The van der Waals surface area contributed by atoms with E-state index in [1.807, 2.05) is 12.2 Å². The van der Waals surface area contributed by atoms with Gasteiger partial charge in [-0.2, -0.15) is 0 Å². The first-order valence-corrected chi connectivity index (χ1v) is 20.9. The monoisotopic (exact) mass is 719 g/mol. The van der Waals surface area contributed by atoms with Crippen LogP contribution in [0.1, 0.15) is 187 Å². The van der Waals surface area contributed by atoms with E-state index in [-0.39, 0.29) is 25.4 Å². The lowest BCUT2D eigenvalue weighted by Crippen LogP contribution is -2.28. The standard InChI is InChI=1S/C44H78O7/c1-3-5-7-9-11-13-15-17-18-19-20-21-22-24-26-28-30-32-36-44(49)51-40(38-45)39-50-43(48)37-33-35-42(47)41(46)34-31-29-27-25-23-16-14-12-10-8-6-4-2/h6,8,12,14,23,25,29,31,40-42,45-47H,3-5,7,9-11,13,15-22,24,26-28,30,32-39H2,1-2H3/b8-6-,14-12-,25-23-,31-29-/t40-,41-,42-/m0/s1. The molecule has 0 unspecified atom stereocenters. The molecule has 0 fully saturated rings. The number of hydrogen-bond acceptors (Lipinski definition) is 7. The van der Waals surface area contributed by atoms with Crippen LogP contribution < -0.4 is 0 Å². The lowest BCUT2D eigenvalue weighted by atomic mass is 10.0. The van der Waals surface area contributed by atoms with Gasteiger partial charge in [0.1, 0.15) is 6.61 Å². The number of allylic oxidation sites excluding steroid dienone is 7. The second kappa shape index (κ2) is 39.0. The summed E-state index contributed by atoms with van der Waals surface area (Å²) in [6.45, 7) is 3.78. The van der Waals surface area contributed by atoms with Gasteiger partial charge in [0, 0.05) is 12.8 Å². The van der Waals surface area contributed by atoms with E-state index in [1.165, 1.54) is 96.3 Å². The molecule has 0 bridgehead atoms. The van der Waals surface area contributed by atoms with Gasteiger partial charge >= 0.3 is 11.9 Å². The predicted octanol–water partition coefficient (Wildman–Crippen LogP) is 11.0. The quantitative estimate of drug-likeness (QED) is 0.0333. The largest absolute Gasteiger partial charge is 0.462 e.